The highest BCUT2D eigenvalue weighted by atomic mass is 16.5. The van der Waals surface area contributed by atoms with E-state index in [0.29, 0.717) is 5.82 Å². The Labute approximate surface area is 173 Å². The van der Waals surface area contributed by atoms with Crippen molar-refractivity contribution in [3.05, 3.63) is 23.9 Å². The predicted octanol–water partition coefficient (Wildman–Crippen LogP) is 3.42. The van der Waals surface area contributed by atoms with Gasteiger partial charge in [0.1, 0.15) is 11.4 Å². The minimum Gasteiger partial charge on any atom is -0.381 e. The number of nitrogens with one attached hydrogen (secondary N) is 2. The summed E-state index contributed by atoms with van der Waals surface area (Å²) in [6, 6.07) is 3.58. The molecule has 1 aromatic rings. The zero-order valence-electron chi connectivity index (χ0n) is 17.4. The van der Waals surface area contributed by atoms with E-state index < -0.39 is 5.54 Å². The number of carbonyl (C=O) groups excluding carboxylic acids is 2. The molecule has 3 rings (SSSR count). The molecule has 2 saturated carbocycles. The molecule has 156 valence electrons. The van der Waals surface area contributed by atoms with Crippen LogP contribution >= 0.6 is 0 Å². The Morgan fingerprint density at radius 3 is 2.62 bits per heavy atom. The van der Waals surface area contributed by atoms with Gasteiger partial charge in [-0.1, -0.05) is 37.5 Å². The highest BCUT2D eigenvalue weighted by Gasteiger charge is 2.35. The number of carbonyl (C=O) groups is 2. The van der Waals surface area contributed by atoms with Gasteiger partial charge in [0, 0.05) is 31.7 Å². The van der Waals surface area contributed by atoms with Crippen LogP contribution in [-0.2, 0) is 14.3 Å². The second kappa shape index (κ2) is 9.89. The van der Waals surface area contributed by atoms with Crippen LogP contribution in [0.4, 0.5) is 5.82 Å². The van der Waals surface area contributed by atoms with Crippen LogP contribution in [0.5, 0.6) is 0 Å². The molecule has 6 heteroatoms. The molecule has 0 bridgehead atoms. The summed E-state index contributed by atoms with van der Waals surface area (Å²) in [5.74, 6) is 7.04. The predicted molar refractivity (Wildman–Crippen MR) is 112 cm³/mol. The maximum absolute atomic E-state index is 13.0. The average Bonchev–Trinajstić information content (AvgIpc) is 2.73. The molecule has 2 atom stereocenters. The van der Waals surface area contributed by atoms with Crippen LogP contribution in [-0.4, -0.2) is 35.6 Å². The summed E-state index contributed by atoms with van der Waals surface area (Å²) in [4.78, 5) is 28.3. The van der Waals surface area contributed by atoms with Crippen molar-refractivity contribution in [1.29, 1.82) is 0 Å². The summed E-state index contributed by atoms with van der Waals surface area (Å²) >= 11 is 0. The highest BCUT2D eigenvalue weighted by molar-refractivity contribution is 5.87. The lowest BCUT2D eigenvalue weighted by molar-refractivity contribution is -0.129. The van der Waals surface area contributed by atoms with Crippen LogP contribution in [0, 0.1) is 17.8 Å². The van der Waals surface area contributed by atoms with Crippen molar-refractivity contribution in [2.75, 3.05) is 12.4 Å². The van der Waals surface area contributed by atoms with E-state index in [2.05, 4.69) is 27.5 Å². The molecule has 0 unspecified atom stereocenters. The first kappa shape index (κ1) is 21.3. The van der Waals surface area contributed by atoms with Gasteiger partial charge < -0.3 is 15.4 Å². The zero-order valence-corrected chi connectivity index (χ0v) is 17.4. The number of amides is 2. The van der Waals surface area contributed by atoms with Gasteiger partial charge in [-0.2, -0.15) is 0 Å². The minimum atomic E-state index is -0.467. The van der Waals surface area contributed by atoms with Gasteiger partial charge in [0.15, 0.2) is 0 Å². The Hall–Kier alpha value is -2.39. The second-order valence-corrected chi connectivity index (χ2v) is 8.22. The standard InChI is InChI=1S/C23H31N3O3/c1-17(27)25-21-10-9-18(16-24-21)11-14-23(12-4-3-5-13-23)26-22(28)19-7-6-8-20(15-19)29-2/h9-10,16,19-20H,3-8,12-13,15H2,1-2H3,(H,26,28)(H,24,25,27)/t19-,20+/m1/s1. The number of hydrogen-bond acceptors (Lipinski definition) is 4. The van der Waals surface area contributed by atoms with Gasteiger partial charge in [0.25, 0.3) is 0 Å². The maximum atomic E-state index is 13.0. The number of aromatic nitrogens is 1. The first-order valence-electron chi connectivity index (χ1n) is 10.6. The van der Waals surface area contributed by atoms with Crippen molar-refractivity contribution >= 4 is 17.6 Å². The lowest BCUT2D eigenvalue weighted by atomic mass is 9.80. The molecule has 0 radical (unpaired) electrons. The van der Waals surface area contributed by atoms with E-state index in [4.69, 9.17) is 4.74 Å². The summed E-state index contributed by atoms with van der Waals surface area (Å²) in [5.41, 5.74) is 0.307. The second-order valence-electron chi connectivity index (χ2n) is 8.22. The third-order valence-electron chi connectivity index (χ3n) is 5.91. The third-order valence-corrected chi connectivity index (χ3v) is 5.91. The maximum Gasteiger partial charge on any atom is 0.224 e. The monoisotopic (exact) mass is 397 g/mol. The fourth-order valence-corrected chi connectivity index (χ4v) is 4.29. The number of anilines is 1. The van der Waals surface area contributed by atoms with Crippen LogP contribution in [0.15, 0.2) is 18.3 Å². The molecule has 0 aromatic carbocycles. The molecule has 6 nitrogen and oxygen atoms in total. The van der Waals surface area contributed by atoms with Crippen molar-refractivity contribution in [1.82, 2.24) is 10.3 Å². The molecular formula is C23H31N3O3. The minimum absolute atomic E-state index is 0.00732. The van der Waals surface area contributed by atoms with Gasteiger partial charge in [-0.25, -0.2) is 4.98 Å². The Morgan fingerprint density at radius 1 is 1.17 bits per heavy atom. The normalized spacial score (nSPS) is 23.4. The smallest absolute Gasteiger partial charge is 0.224 e. The largest absolute Gasteiger partial charge is 0.381 e. The van der Waals surface area contributed by atoms with Crippen molar-refractivity contribution in [3.8, 4) is 11.8 Å². The number of nitrogens with zero attached hydrogens (tertiary/aromatic N) is 1. The third kappa shape index (κ3) is 6.04. The molecule has 2 aliphatic rings. The molecule has 2 fully saturated rings. The lowest BCUT2D eigenvalue weighted by Crippen LogP contribution is -2.51. The van der Waals surface area contributed by atoms with Crippen LogP contribution in [0.2, 0.25) is 0 Å². The fourth-order valence-electron chi connectivity index (χ4n) is 4.29. The quantitative estimate of drug-likeness (QED) is 0.763. The molecule has 0 saturated heterocycles. The summed E-state index contributed by atoms with van der Waals surface area (Å²) in [6.45, 7) is 1.45. The first-order chi connectivity index (χ1) is 14.0. The highest BCUT2D eigenvalue weighted by Crippen LogP contribution is 2.31. The van der Waals surface area contributed by atoms with Crippen LogP contribution in [0.1, 0.15) is 70.3 Å². The van der Waals surface area contributed by atoms with Crippen LogP contribution < -0.4 is 10.6 Å². The van der Waals surface area contributed by atoms with E-state index in [1.807, 2.05) is 6.07 Å². The van der Waals surface area contributed by atoms with E-state index in [0.717, 1.165) is 56.9 Å². The Morgan fingerprint density at radius 2 is 1.97 bits per heavy atom. The molecule has 0 aliphatic heterocycles. The number of rotatable bonds is 4. The summed E-state index contributed by atoms with van der Waals surface area (Å²) in [5, 5.41) is 5.96. The van der Waals surface area contributed by atoms with E-state index in [-0.39, 0.29) is 23.8 Å². The van der Waals surface area contributed by atoms with Crippen molar-refractivity contribution in [3.63, 3.8) is 0 Å². The first-order valence-corrected chi connectivity index (χ1v) is 10.6. The van der Waals surface area contributed by atoms with Gasteiger partial charge in [0.2, 0.25) is 11.8 Å². The number of methoxy groups -OCH3 is 1. The molecule has 2 aliphatic carbocycles. The van der Waals surface area contributed by atoms with Crippen LogP contribution in [0.3, 0.4) is 0 Å². The SMILES string of the molecule is CO[C@H]1CCC[C@@H](C(=O)NC2(C#Cc3ccc(NC(C)=O)nc3)CCCCC2)C1. The number of pyridine rings is 1. The van der Waals surface area contributed by atoms with E-state index in [1.165, 1.54) is 13.3 Å². The average molecular weight is 398 g/mol. The van der Waals surface area contributed by atoms with Gasteiger partial charge in [-0.15, -0.1) is 0 Å². The summed E-state index contributed by atoms with van der Waals surface area (Å²) < 4.78 is 5.48. The molecule has 2 amide bonds. The Kier molecular flexibility index (Phi) is 7.27. The van der Waals surface area contributed by atoms with E-state index >= 15 is 0 Å². The number of ether oxygens (including phenoxy) is 1. The van der Waals surface area contributed by atoms with E-state index in [1.54, 1.807) is 19.4 Å². The van der Waals surface area contributed by atoms with Crippen molar-refractivity contribution in [2.24, 2.45) is 5.92 Å². The summed E-state index contributed by atoms with van der Waals surface area (Å²) in [7, 11) is 1.73. The number of hydrogen-bond donors (Lipinski definition) is 2. The topological polar surface area (TPSA) is 80.3 Å². The molecule has 2 N–H and O–H groups in total. The van der Waals surface area contributed by atoms with Crippen LogP contribution in [0.25, 0.3) is 0 Å². The Balaban J connectivity index is 1.71. The molecule has 0 spiro atoms. The summed E-state index contributed by atoms with van der Waals surface area (Å²) in [6.07, 6.45) is 10.7. The van der Waals surface area contributed by atoms with Crippen molar-refractivity contribution < 1.29 is 14.3 Å². The molecule has 1 aromatic heterocycles. The van der Waals surface area contributed by atoms with Gasteiger partial charge in [-0.3, -0.25) is 9.59 Å². The van der Waals surface area contributed by atoms with Gasteiger partial charge in [0.05, 0.1) is 6.10 Å². The van der Waals surface area contributed by atoms with Gasteiger partial charge >= 0.3 is 0 Å². The lowest BCUT2D eigenvalue weighted by Gasteiger charge is -2.36. The zero-order chi connectivity index (χ0) is 20.7. The molecular weight excluding hydrogens is 366 g/mol. The van der Waals surface area contributed by atoms with Gasteiger partial charge in [-0.05, 0) is 44.2 Å². The van der Waals surface area contributed by atoms with E-state index in [9.17, 15) is 9.59 Å². The fraction of sp³-hybridized carbons (Fsp3) is 0.609. The molecule has 29 heavy (non-hydrogen) atoms. The van der Waals surface area contributed by atoms with Crippen molar-refractivity contribution in [2.45, 2.75) is 76.4 Å². The molecule has 1 heterocycles. The Bertz CT molecular complexity index is 773.